The predicted octanol–water partition coefficient (Wildman–Crippen LogP) is 5.17. The average Bonchev–Trinajstić information content (AvgIpc) is 2.48. The number of hydrogen-bond donors (Lipinski definition) is 0. The number of rotatable bonds is 9. The number of unbranched alkanes of at least 4 members (excludes halogenated alkanes) is 4. The second kappa shape index (κ2) is 13.0. The summed E-state index contributed by atoms with van der Waals surface area (Å²) in [5.74, 6) is 1.03. The van der Waals surface area contributed by atoms with Gasteiger partial charge in [-0.05, 0) is 37.8 Å². The van der Waals surface area contributed by atoms with Gasteiger partial charge >= 0.3 is 0 Å². The molecule has 0 aromatic heterocycles. The Bertz CT molecular complexity index is 334. The molecule has 0 bridgehead atoms. The van der Waals surface area contributed by atoms with Crippen molar-refractivity contribution in [1.29, 1.82) is 0 Å². The minimum Gasteiger partial charge on any atom is -0.496 e. The maximum Gasteiger partial charge on any atom is 0.122 e. The molecule has 0 radical (unpaired) electrons. The van der Waals surface area contributed by atoms with Crippen molar-refractivity contribution in [2.45, 2.75) is 59.3 Å². The Hall–Kier alpha value is -1.02. The fourth-order valence-electron chi connectivity index (χ4n) is 2.19. The Labute approximate surface area is 125 Å². The minimum atomic E-state index is 0.895. The maximum atomic E-state index is 5.39. The van der Waals surface area contributed by atoms with E-state index in [1.807, 2.05) is 13.8 Å². The number of aryl methyl sites for hydroxylation is 2. The summed E-state index contributed by atoms with van der Waals surface area (Å²) in [6.07, 6.45) is 7.42. The molecule has 0 unspecified atom stereocenters. The lowest BCUT2D eigenvalue weighted by Gasteiger charge is -2.09. The van der Waals surface area contributed by atoms with Crippen LogP contribution in [-0.4, -0.2) is 20.8 Å². The Morgan fingerprint density at radius 3 is 2.20 bits per heavy atom. The van der Waals surface area contributed by atoms with E-state index < -0.39 is 0 Å². The summed E-state index contributed by atoms with van der Waals surface area (Å²) in [5, 5.41) is 0. The summed E-state index contributed by atoms with van der Waals surface area (Å²) in [5.41, 5.74) is 2.65. The zero-order valence-corrected chi connectivity index (χ0v) is 14.0. The van der Waals surface area contributed by atoms with Crippen LogP contribution in [-0.2, 0) is 11.2 Å². The van der Waals surface area contributed by atoms with Crippen LogP contribution in [0.3, 0.4) is 0 Å². The van der Waals surface area contributed by atoms with Crippen LogP contribution in [0.2, 0.25) is 0 Å². The SMILES string of the molecule is CC.COCCCCCCCc1cc(C)ccc1OC. The highest BCUT2D eigenvalue weighted by atomic mass is 16.5. The maximum absolute atomic E-state index is 5.39. The Morgan fingerprint density at radius 2 is 1.55 bits per heavy atom. The van der Waals surface area contributed by atoms with Gasteiger partial charge < -0.3 is 9.47 Å². The highest BCUT2D eigenvalue weighted by molar-refractivity contribution is 5.36. The van der Waals surface area contributed by atoms with Gasteiger partial charge in [0.05, 0.1) is 7.11 Å². The topological polar surface area (TPSA) is 18.5 Å². The quantitative estimate of drug-likeness (QED) is 0.581. The van der Waals surface area contributed by atoms with Crippen molar-refractivity contribution in [3.63, 3.8) is 0 Å². The van der Waals surface area contributed by atoms with E-state index in [-0.39, 0.29) is 0 Å². The molecule has 0 aliphatic rings. The molecule has 20 heavy (non-hydrogen) atoms. The third-order valence-electron chi connectivity index (χ3n) is 3.23. The fraction of sp³-hybridized carbons (Fsp3) is 0.667. The molecule has 1 rings (SSSR count). The van der Waals surface area contributed by atoms with Crippen molar-refractivity contribution < 1.29 is 9.47 Å². The van der Waals surface area contributed by atoms with E-state index >= 15 is 0 Å². The molecular formula is C18H32O2. The van der Waals surface area contributed by atoms with Crippen molar-refractivity contribution in [2.75, 3.05) is 20.8 Å². The second-order valence-corrected chi connectivity index (χ2v) is 4.83. The minimum absolute atomic E-state index is 0.895. The first-order chi connectivity index (χ1) is 9.77. The molecule has 2 nitrogen and oxygen atoms in total. The molecule has 0 spiro atoms. The van der Waals surface area contributed by atoms with Crippen LogP contribution in [0.25, 0.3) is 0 Å². The van der Waals surface area contributed by atoms with Gasteiger partial charge in [0.15, 0.2) is 0 Å². The van der Waals surface area contributed by atoms with Crippen molar-refractivity contribution in [1.82, 2.24) is 0 Å². The first-order valence-corrected chi connectivity index (χ1v) is 7.90. The van der Waals surface area contributed by atoms with Crippen LogP contribution in [0.4, 0.5) is 0 Å². The van der Waals surface area contributed by atoms with Gasteiger partial charge in [-0.3, -0.25) is 0 Å². The Kier molecular flexibility index (Phi) is 12.3. The van der Waals surface area contributed by atoms with E-state index in [1.165, 1.54) is 43.2 Å². The molecule has 0 saturated heterocycles. The standard InChI is InChI=1S/C16H26O2.C2H6/c1-14-10-11-16(18-3)15(13-14)9-7-5-4-6-8-12-17-2;1-2/h10-11,13H,4-9,12H2,1-3H3;1-2H3. The van der Waals surface area contributed by atoms with E-state index in [9.17, 15) is 0 Å². The van der Waals surface area contributed by atoms with Gasteiger partial charge in [0, 0.05) is 13.7 Å². The van der Waals surface area contributed by atoms with E-state index in [1.54, 1.807) is 14.2 Å². The van der Waals surface area contributed by atoms with Crippen molar-refractivity contribution in [3.8, 4) is 5.75 Å². The number of benzene rings is 1. The molecule has 2 heteroatoms. The smallest absolute Gasteiger partial charge is 0.122 e. The summed E-state index contributed by atoms with van der Waals surface area (Å²) in [7, 11) is 3.52. The average molecular weight is 280 g/mol. The van der Waals surface area contributed by atoms with Crippen LogP contribution in [0.5, 0.6) is 5.75 Å². The number of hydrogen-bond acceptors (Lipinski definition) is 2. The molecule has 1 aromatic carbocycles. The van der Waals surface area contributed by atoms with Crippen LogP contribution < -0.4 is 4.74 Å². The molecule has 0 fully saturated rings. The molecule has 0 aliphatic carbocycles. The van der Waals surface area contributed by atoms with Crippen LogP contribution in [0.1, 0.15) is 57.1 Å². The van der Waals surface area contributed by atoms with E-state index in [2.05, 4.69) is 25.1 Å². The third kappa shape index (κ3) is 8.21. The predicted molar refractivity (Wildman–Crippen MR) is 87.7 cm³/mol. The van der Waals surface area contributed by atoms with Gasteiger partial charge in [-0.15, -0.1) is 0 Å². The van der Waals surface area contributed by atoms with E-state index in [4.69, 9.17) is 9.47 Å². The van der Waals surface area contributed by atoms with Gasteiger partial charge in [0.25, 0.3) is 0 Å². The van der Waals surface area contributed by atoms with Gasteiger partial charge in [-0.1, -0.05) is 50.8 Å². The summed E-state index contributed by atoms with van der Waals surface area (Å²) in [4.78, 5) is 0. The highest BCUT2D eigenvalue weighted by Crippen LogP contribution is 2.22. The molecule has 0 N–H and O–H groups in total. The Balaban J connectivity index is 0.00000172. The highest BCUT2D eigenvalue weighted by Gasteiger charge is 2.02. The van der Waals surface area contributed by atoms with E-state index in [0.717, 1.165) is 18.8 Å². The summed E-state index contributed by atoms with van der Waals surface area (Å²) in [6, 6.07) is 6.42. The second-order valence-electron chi connectivity index (χ2n) is 4.83. The summed E-state index contributed by atoms with van der Waals surface area (Å²) in [6.45, 7) is 7.03. The normalized spacial score (nSPS) is 9.85. The summed E-state index contributed by atoms with van der Waals surface area (Å²) >= 11 is 0. The Morgan fingerprint density at radius 1 is 0.900 bits per heavy atom. The molecule has 0 heterocycles. The van der Waals surface area contributed by atoms with Crippen molar-refractivity contribution in [3.05, 3.63) is 29.3 Å². The van der Waals surface area contributed by atoms with Crippen LogP contribution >= 0.6 is 0 Å². The molecule has 116 valence electrons. The molecule has 0 saturated carbocycles. The first-order valence-electron chi connectivity index (χ1n) is 7.90. The molecule has 0 aliphatic heterocycles. The van der Waals surface area contributed by atoms with E-state index in [0.29, 0.717) is 0 Å². The molecular weight excluding hydrogens is 248 g/mol. The van der Waals surface area contributed by atoms with Gasteiger partial charge in [0.1, 0.15) is 5.75 Å². The fourth-order valence-corrected chi connectivity index (χ4v) is 2.19. The molecule has 1 aromatic rings. The van der Waals surface area contributed by atoms with Gasteiger partial charge in [-0.25, -0.2) is 0 Å². The number of methoxy groups -OCH3 is 2. The molecule has 0 amide bonds. The van der Waals surface area contributed by atoms with Gasteiger partial charge in [0.2, 0.25) is 0 Å². The lowest BCUT2D eigenvalue weighted by Crippen LogP contribution is -1.94. The zero-order valence-electron chi connectivity index (χ0n) is 14.0. The van der Waals surface area contributed by atoms with Gasteiger partial charge in [-0.2, -0.15) is 0 Å². The lowest BCUT2D eigenvalue weighted by molar-refractivity contribution is 0.192. The third-order valence-corrected chi connectivity index (χ3v) is 3.23. The molecule has 0 atom stereocenters. The largest absolute Gasteiger partial charge is 0.496 e. The van der Waals surface area contributed by atoms with Crippen molar-refractivity contribution >= 4 is 0 Å². The summed E-state index contributed by atoms with van der Waals surface area (Å²) < 4.78 is 10.4. The van der Waals surface area contributed by atoms with Crippen LogP contribution in [0, 0.1) is 6.92 Å². The number of ether oxygens (including phenoxy) is 2. The van der Waals surface area contributed by atoms with Crippen LogP contribution in [0.15, 0.2) is 18.2 Å². The monoisotopic (exact) mass is 280 g/mol. The lowest BCUT2D eigenvalue weighted by atomic mass is 10.0. The zero-order chi connectivity index (χ0) is 15.2. The van der Waals surface area contributed by atoms with Crippen molar-refractivity contribution in [2.24, 2.45) is 0 Å². The first kappa shape index (κ1) is 19.0.